The van der Waals surface area contributed by atoms with Crippen LogP contribution in [0.2, 0.25) is 0 Å². The predicted molar refractivity (Wildman–Crippen MR) is 228 cm³/mol. The number of unbranched alkanes of at least 4 members (excludes halogenated alkanes) is 19. The Bertz CT molecular complexity index is 1070. The van der Waals surface area contributed by atoms with Crippen molar-refractivity contribution in [3.63, 3.8) is 0 Å². The van der Waals surface area contributed by atoms with E-state index in [1.54, 1.807) is 0 Å². The van der Waals surface area contributed by atoms with Crippen LogP contribution in [0.4, 0.5) is 0 Å². The number of hydrogen-bond acceptors (Lipinski definition) is 9. The van der Waals surface area contributed by atoms with Crippen LogP contribution in [0.3, 0.4) is 0 Å². The molecule has 11 heteroatoms. The van der Waals surface area contributed by atoms with Crippen LogP contribution in [0.5, 0.6) is 0 Å². The van der Waals surface area contributed by atoms with Crippen LogP contribution < -0.4 is 0 Å². The zero-order valence-electron chi connectivity index (χ0n) is 35.3. The highest BCUT2D eigenvalue weighted by molar-refractivity contribution is 7.47. The van der Waals surface area contributed by atoms with Crippen LogP contribution in [0, 0.1) is 0 Å². The Morgan fingerprint density at radius 3 is 1.43 bits per heavy atom. The zero-order chi connectivity index (χ0) is 41.2. The van der Waals surface area contributed by atoms with E-state index >= 15 is 0 Å². The molecule has 0 aliphatic heterocycles. The van der Waals surface area contributed by atoms with Gasteiger partial charge in [0, 0.05) is 12.8 Å². The molecule has 0 amide bonds. The molecule has 0 aromatic rings. The van der Waals surface area contributed by atoms with Gasteiger partial charge < -0.3 is 24.6 Å². The molecule has 0 spiro atoms. The van der Waals surface area contributed by atoms with Gasteiger partial charge in [-0.15, -0.1) is 0 Å². The molecule has 56 heavy (non-hydrogen) atoms. The zero-order valence-corrected chi connectivity index (χ0v) is 36.2. The lowest BCUT2D eigenvalue weighted by Crippen LogP contribution is -2.29. The molecule has 10 nitrogen and oxygen atoms in total. The van der Waals surface area contributed by atoms with Crippen LogP contribution >= 0.6 is 7.82 Å². The molecule has 0 saturated heterocycles. The first-order valence-electron chi connectivity index (χ1n) is 22.1. The third-order valence-corrected chi connectivity index (χ3v) is 10.2. The molecule has 0 aromatic carbocycles. The lowest BCUT2D eigenvalue weighted by atomic mass is 10.0. The average Bonchev–Trinajstić information content (AvgIpc) is 3.19. The summed E-state index contributed by atoms with van der Waals surface area (Å²) in [4.78, 5) is 35.0. The monoisotopic (exact) mass is 813 g/mol. The molecule has 0 heterocycles. The van der Waals surface area contributed by atoms with Gasteiger partial charge in [-0.1, -0.05) is 165 Å². The average molecular weight is 813 g/mol. The molecular weight excluding hydrogens is 731 g/mol. The van der Waals surface area contributed by atoms with E-state index in [0.29, 0.717) is 12.8 Å². The number of phosphoric ester groups is 1. The second-order valence-corrected chi connectivity index (χ2v) is 16.2. The standard InChI is InChI=1S/C45H81O10P/c1-3-5-7-9-11-13-15-17-19-20-21-22-23-25-27-29-31-33-35-37-45(49)55-43(41-54-56(50,51)53-39-42(47)38-46)40-52-44(48)36-34-32-30-28-26-24-18-16-14-12-10-8-6-4-2/h11,13,17,19,21-22,25,27,42-43,46-47H,3-10,12,14-16,18,20,23-24,26,28-41H2,1-2H3,(H,50,51)/b13-11-,19-17-,22-21-,27-25-/t42-,43+/m0/s1. The Kier molecular flexibility index (Phi) is 39.6. The first-order chi connectivity index (χ1) is 27.2. The second kappa shape index (κ2) is 41.1. The quantitative estimate of drug-likeness (QED) is 0.0236. The van der Waals surface area contributed by atoms with Gasteiger partial charge in [0.25, 0.3) is 0 Å². The maximum absolute atomic E-state index is 12.6. The molecule has 0 rings (SSSR count). The Morgan fingerprint density at radius 2 is 0.929 bits per heavy atom. The molecule has 0 aliphatic rings. The summed E-state index contributed by atoms with van der Waals surface area (Å²) in [5.74, 6) is -0.958. The van der Waals surface area contributed by atoms with E-state index in [0.717, 1.165) is 57.8 Å². The van der Waals surface area contributed by atoms with Crippen molar-refractivity contribution >= 4 is 19.8 Å². The molecule has 326 valence electrons. The summed E-state index contributed by atoms with van der Waals surface area (Å²) in [6, 6.07) is 0. The lowest BCUT2D eigenvalue weighted by molar-refractivity contribution is -0.161. The first kappa shape index (κ1) is 53.9. The number of aliphatic hydroxyl groups excluding tert-OH is 2. The minimum Gasteiger partial charge on any atom is -0.462 e. The van der Waals surface area contributed by atoms with Crippen molar-refractivity contribution in [1.29, 1.82) is 0 Å². The smallest absolute Gasteiger partial charge is 0.462 e. The highest BCUT2D eigenvalue weighted by Gasteiger charge is 2.27. The van der Waals surface area contributed by atoms with E-state index in [4.69, 9.17) is 19.1 Å². The number of carbonyl (C=O) groups excluding carboxylic acids is 2. The third-order valence-electron chi connectivity index (χ3n) is 9.24. The molecular formula is C45H81O10P. The largest absolute Gasteiger partial charge is 0.472 e. The fourth-order valence-corrected chi connectivity index (χ4v) is 6.59. The summed E-state index contributed by atoms with van der Waals surface area (Å²) in [5.41, 5.74) is 0. The van der Waals surface area contributed by atoms with Crippen molar-refractivity contribution in [1.82, 2.24) is 0 Å². The number of hydrogen-bond donors (Lipinski definition) is 3. The maximum atomic E-state index is 12.6. The molecule has 0 radical (unpaired) electrons. The van der Waals surface area contributed by atoms with Crippen molar-refractivity contribution < 1.29 is 47.8 Å². The van der Waals surface area contributed by atoms with Crippen LogP contribution in [-0.2, 0) is 32.7 Å². The minimum atomic E-state index is -4.63. The number of rotatable bonds is 41. The first-order valence-corrected chi connectivity index (χ1v) is 23.6. The van der Waals surface area contributed by atoms with Crippen molar-refractivity contribution in [2.24, 2.45) is 0 Å². The molecule has 0 bridgehead atoms. The summed E-state index contributed by atoms with van der Waals surface area (Å²) in [6.07, 6.45) is 43.6. The van der Waals surface area contributed by atoms with Crippen molar-refractivity contribution in [3.05, 3.63) is 48.6 Å². The molecule has 0 aromatic heterocycles. The fraction of sp³-hybridized carbons (Fsp3) is 0.778. The summed E-state index contributed by atoms with van der Waals surface area (Å²) < 4.78 is 32.7. The van der Waals surface area contributed by atoms with Gasteiger partial charge in [-0.25, -0.2) is 4.57 Å². The Morgan fingerprint density at radius 1 is 0.536 bits per heavy atom. The van der Waals surface area contributed by atoms with E-state index in [1.807, 2.05) is 0 Å². The molecule has 3 N–H and O–H groups in total. The van der Waals surface area contributed by atoms with E-state index < -0.39 is 51.8 Å². The van der Waals surface area contributed by atoms with Crippen molar-refractivity contribution in [2.45, 2.75) is 199 Å². The van der Waals surface area contributed by atoms with Gasteiger partial charge in [0.15, 0.2) is 6.10 Å². The van der Waals surface area contributed by atoms with Gasteiger partial charge in [0.05, 0.1) is 19.8 Å². The molecule has 1 unspecified atom stereocenters. The van der Waals surface area contributed by atoms with Gasteiger partial charge in [-0.05, 0) is 57.8 Å². The fourth-order valence-electron chi connectivity index (χ4n) is 5.80. The number of phosphoric acid groups is 1. The van der Waals surface area contributed by atoms with Crippen molar-refractivity contribution in [2.75, 3.05) is 26.4 Å². The maximum Gasteiger partial charge on any atom is 0.472 e. The van der Waals surface area contributed by atoms with Crippen LogP contribution in [0.15, 0.2) is 48.6 Å². The van der Waals surface area contributed by atoms with Gasteiger partial charge in [0.1, 0.15) is 12.7 Å². The van der Waals surface area contributed by atoms with Crippen LogP contribution in [0.25, 0.3) is 0 Å². The number of allylic oxidation sites excluding steroid dienone is 8. The molecule has 0 fully saturated rings. The predicted octanol–water partition coefficient (Wildman–Crippen LogP) is 11.7. The topological polar surface area (TPSA) is 149 Å². The highest BCUT2D eigenvalue weighted by Crippen LogP contribution is 2.43. The summed E-state index contributed by atoms with van der Waals surface area (Å²) in [6.45, 7) is 2.32. The highest BCUT2D eigenvalue weighted by atomic mass is 31.2. The van der Waals surface area contributed by atoms with Gasteiger partial charge in [-0.2, -0.15) is 0 Å². The Hall–Kier alpha value is -2.07. The normalized spacial score (nSPS) is 14.3. The third kappa shape index (κ3) is 40.1. The SMILES string of the molecule is CCCCC/C=C\C/C=C\C/C=C\C/C=C\CCCCCC(=O)O[C@H](COC(=O)CCCCCCCCCCCCCCCC)COP(=O)(O)OC[C@@H](O)CO. The number of carbonyl (C=O) groups is 2. The van der Waals surface area contributed by atoms with Gasteiger partial charge in [-0.3, -0.25) is 18.6 Å². The van der Waals surface area contributed by atoms with E-state index in [9.17, 15) is 24.2 Å². The van der Waals surface area contributed by atoms with Crippen LogP contribution in [0.1, 0.15) is 187 Å². The van der Waals surface area contributed by atoms with Crippen molar-refractivity contribution in [3.8, 4) is 0 Å². The number of aliphatic hydroxyl groups is 2. The number of esters is 2. The van der Waals surface area contributed by atoms with E-state index in [2.05, 4.69) is 67.0 Å². The summed E-state index contributed by atoms with van der Waals surface area (Å²) in [7, 11) is -4.63. The van der Waals surface area contributed by atoms with E-state index in [-0.39, 0.29) is 19.4 Å². The molecule has 0 saturated carbocycles. The van der Waals surface area contributed by atoms with Crippen LogP contribution in [-0.4, -0.2) is 65.7 Å². The Balaban J connectivity index is 4.35. The van der Waals surface area contributed by atoms with E-state index in [1.165, 1.54) is 89.9 Å². The van der Waals surface area contributed by atoms with Gasteiger partial charge >= 0.3 is 19.8 Å². The van der Waals surface area contributed by atoms with Gasteiger partial charge in [0.2, 0.25) is 0 Å². The second-order valence-electron chi connectivity index (χ2n) is 14.7. The lowest BCUT2D eigenvalue weighted by Gasteiger charge is -2.20. The molecule has 0 aliphatic carbocycles. The number of ether oxygens (including phenoxy) is 2. The summed E-state index contributed by atoms with van der Waals surface area (Å²) >= 11 is 0. The summed E-state index contributed by atoms with van der Waals surface area (Å²) in [5, 5.41) is 18.3. The minimum absolute atomic E-state index is 0.147. The molecule has 3 atom stereocenters. The Labute approximate surface area is 341 Å².